The molecule has 0 saturated heterocycles. The maximum absolute atomic E-state index is 12.9. The third kappa shape index (κ3) is 3.38. The first-order valence-corrected chi connectivity index (χ1v) is 11.4. The number of rotatable bonds is 6. The molecule has 2 aromatic carbocycles. The van der Waals surface area contributed by atoms with E-state index in [1.165, 1.54) is 11.8 Å². The van der Waals surface area contributed by atoms with E-state index in [4.69, 9.17) is 9.47 Å². The highest BCUT2D eigenvalue weighted by atomic mass is 32.2. The van der Waals surface area contributed by atoms with Crippen LogP contribution >= 0.6 is 11.8 Å². The van der Waals surface area contributed by atoms with Crippen molar-refractivity contribution >= 4 is 34.3 Å². The molecule has 8 nitrogen and oxygen atoms in total. The van der Waals surface area contributed by atoms with Gasteiger partial charge in [0.1, 0.15) is 0 Å². The number of fused-ring (bicyclic) bond motifs is 2. The van der Waals surface area contributed by atoms with E-state index in [-0.39, 0.29) is 18.0 Å². The van der Waals surface area contributed by atoms with Gasteiger partial charge in [-0.1, -0.05) is 30.0 Å². The molecule has 0 bridgehead atoms. The van der Waals surface area contributed by atoms with Crippen molar-refractivity contribution in [2.24, 2.45) is 0 Å². The van der Waals surface area contributed by atoms with Gasteiger partial charge < -0.3 is 19.8 Å². The van der Waals surface area contributed by atoms with Crippen molar-refractivity contribution in [2.45, 2.75) is 36.2 Å². The van der Waals surface area contributed by atoms with Crippen molar-refractivity contribution in [3.05, 3.63) is 48.7 Å². The summed E-state index contributed by atoms with van der Waals surface area (Å²) in [4.78, 5) is 16.2. The van der Waals surface area contributed by atoms with E-state index in [9.17, 15) is 4.79 Å². The Balaban J connectivity index is 1.24. The van der Waals surface area contributed by atoms with Gasteiger partial charge in [-0.2, -0.15) is 0 Å². The number of amides is 1. The summed E-state index contributed by atoms with van der Waals surface area (Å²) >= 11 is 1.43. The Hall–Kier alpha value is -3.46. The van der Waals surface area contributed by atoms with Crippen molar-refractivity contribution < 1.29 is 14.3 Å². The molecule has 1 saturated carbocycles. The number of carbonyl (C=O) groups is 1. The molecule has 2 aliphatic rings. The van der Waals surface area contributed by atoms with E-state index in [1.54, 1.807) is 12.1 Å². The summed E-state index contributed by atoms with van der Waals surface area (Å²) in [7, 11) is 0. The van der Waals surface area contributed by atoms with Gasteiger partial charge in [-0.25, -0.2) is 0 Å². The summed E-state index contributed by atoms with van der Waals surface area (Å²) in [6.07, 6.45) is 4.18. The summed E-state index contributed by atoms with van der Waals surface area (Å²) in [5, 5.41) is 13.5. The Morgan fingerprint density at radius 2 is 2.03 bits per heavy atom. The lowest BCUT2D eigenvalue weighted by molar-refractivity contribution is -0.115. The molecule has 4 aromatic rings. The predicted molar refractivity (Wildman–Crippen MR) is 122 cm³/mol. The maximum Gasteiger partial charge on any atom is 0.237 e. The molecule has 1 amide bonds. The van der Waals surface area contributed by atoms with E-state index in [1.807, 2.05) is 31.3 Å². The first-order valence-electron chi connectivity index (χ1n) is 10.6. The Morgan fingerprint density at radius 1 is 1.19 bits per heavy atom. The molecule has 2 N–H and O–H groups in total. The van der Waals surface area contributed by atoms with E-state index < -0.39 is 0 Å². The number of aromatic nitrogens is 4. The quantitative estimate of drug-likeness (QED) is 0.419. The number of H-pyrrole nitrogens is 1. The van der Waals surface area contributed by atoms with E-state index in [0.717, 1.165) is 40.3 Å². The Labute approximate surface area is 188 Å². The molecular weight excluding hydrogens is 426 g/mol. The number of aromatic amines is 1. The van der Waals surface area contributed by atoms with Crippen LogP contribution in [0.1, 0.15) is 25.8 Å². The average molecular weight is 448 g/mol. The number of ether oxygens (including phenoxy) is 2. The second-order valence-corrected chi connectivity index (χ2v) is 9.28. The first kappa shape index (κ1) is 19.2. The molecular formula is C23H21N5O3S. The molecule has 3 heterocycles. The van der Waals surface area contributed by atoms with Gasteiger partial charge in [0.2, 0.25) is 12.7 Å². The summed E-state index contributed by atoms with van der Waals surface area (Å²) in [6, 6.07) is 13.9. The van der Waals surface area contributed by atoms with Crippen LogP contribution in [0.5, 0.6) is 11.5 Å². The highest BCUT2D eigenvalue weighted by molar-refractivity contribution is 8.00. The number of para-hydroxylation sites is 1. The van der Waals surface area contributed by atoms with Gasteiger partial charge in [-0.05, 0) is 38.0 Å². The normalized spacial score (nSPS) is 15.8. The summed E-state index contributed by atoms with van der Waals surface area (Å²) in [6.45, 7) is 2.08. The predicted octanol–water partition coefficient (Wildman–Crippen LogP) is 4.61. The fourth-order valence-electron chi connectivity index (χ4n) is 3.89. The number of thioether (sulfide) groups is 1. The molecule has 1 atom stereocenters. The smallest absolute Gasteiger partial charge is 0.237 e. The Kier molecular flexibility index (Phi) is 4.57. The fourth-order valence-corrected chi connectivity index (χ4v) is 4.81. The van der Waals surface area contributed by atoms with Gasteiger partial charge in [-0.15, -0.1) is 10.2 Å². The summed E-state index contributed by atoms with van der Waals surface area (Å²) < 4.78 is 12.9. The van der Waals surface area contributed by atoms with Crippen LogP contribution in [-0.2, 0) is 4.79 Å². The molecule has 2 aromatic heterocycles. The highest BCUT2D eigenvalue weighted by Crippen LogP contribution is 2.43. The zero-order valence-electron chi connectivity index (χ0n) is 17.4. The van der Waals surface area contributed by atoms with Crippen molar-refractivity contribution in [3.8, 4) is 22.9 Å². The number of anilines is 1. The van der Waals surface area contributed by atoms with E-state index in [0.29, 0.717) is 23.2 Å². The van der Waals surface area contributed by atoms with Crippen LogP contribution in [0.4, 0.5) is 5.69 Å². The molecule has 9 heteroatoms. The third-order valence-corrected chi connectivity index (χ3v) is 6.76. The standard InChI is InChI=1S/C23H21N5O3S/c1-13(22(29)25-14-6-9-19-20(10-14)31-12-30-19)32-23-27-26-21(28(23)15-7-8-15)17-11-24-18-5-3-2-4-16(17)18/h2-6,9-11,13,15,24H,7-8,12H2,1H3,(H,25,29). The summed E-state index contributed by atoms with van der Waals surface area (Å²) in [5.74, 6) is 2.07. The minimum Gasteiger partial charge on any atom is -0.454 e. The second-order valence-electron chi connectivity index (χ2n) is 7.97. The molecule has 0 radical (unpaired) electrons. The van der Waals surface area contributed by atoms with Crippen LogP contribution in [0.15, 0.2) is 53.8 Å². The van der Waals surface area contributed by atoms with Crippen LogP contribution in [0.25, 0.3) is 22.3 Å². The number of nitrogens with zero attached hydrogens (tertiary/aromatic N) is 3. The number of hydrogen-bond donors (Lipinski definition) is 2. The first-order chi connectivity index (χ1) is 15.7. The number of nitrogens with one attached hydrogen (secondary N) is 2. The molecule has 1 fully saturated rings. The molecule has 32 heavy (non-hydrogen) atoms. The van der Waals surface area contributed by atoms with Gasteiger partial charge in [0.25, 0.3) is 0 Å². The SMILES string of the molecule is CC(Sc1nnc(-c2c[nH]c3ccccc23)n1C1CC1)C(=O)Nc1ccc2c(c1)OCO2. The lowest BCUT2D eigenvalue weighted by atomic mass is 10.1. The van der Waals surface area contributed by atoms with Crippen LogP contribution in [0.2, 0.25) is 0 Å². The number of hydrogen-bond acceptors (Lipinski definition) is 6. The van der Waals surface area contributed by atoms with E-state index in [2.05, 4.69) is 37.2 Å². The van der Waals surface area contributed by atoms with Crippen molar-refractivity contribution in [1.82, 2.24) is 19.7 Å². The Morgan fingerprint density at radius 3 is 2.91 bits per heavy atom. The fraction of sp³-hybridized carbons (Fsp3) is 0.261. The molecule has 162 valence electrons. The molecule has 1 aliphatic heterocycles. The molecule has 6 rings (SSSR count). The maximum atomic E-state index is 12.9. The topological polar surface area (TPSA) is 94.1 Å². The van der Waals surface area contributed by atoms with Crippen molar-refractivity contribution in [3.63, 3.8) is 0 Å². The average Bonchev–Trinajstić information content (AvgIpc) is 3.20. The lowest BCUT2D eigenvalue weighted by Crippen LogP contribution is -2.22. The van der Waals surface area contributed by atoms with Gasteiger partial charge in [-0.3, -0.25) is 9.36 Å². The van der Waals surface area contributed by atoms with Crippen molar-refractivity contribution in [2.75, 3.05) is 12.1 Å². The minimum absolute atomic E-state index is 0.104. The second kappa shape index (κ2) is 7.59. The lowest BCUT2D eigenvalue weighted by Gasteiger charge is -2.13. The van der Waals surface area contributed by atoms with Crippen LogP contribution in [-0.4, -0.2) is 37.7 Å². The van der Waals surface area contributed by atoms with Crippen LogP contribution in [0.3, 0.4) is 0 Å². The van der Waals surface area contributed by atoms with Gasteiger partial charge in [0, 0.05) is 40.5 Å². The molecule has 1 unspecified atom stereocenters. The number of carbonyl (C=O) groups excluding carboxylic acids is 1. The zero-order chi connectivity index (χ0) is 21.7. The van der Waals surface area contributed by atoms with Crippen LogP contribution < -0.4 is 14.8 Å². The summed E-state index contributed by atoms with van der Waals surface area (Å²) in [5.41, 5.74) is 2.78. The van der Waals surface area contributed by atoms with E-state index >= 15 is 0 Å². The largest absolute Gasteiger partial charge is 0.454 e. The monoisotopic (exact) mass is 447 g/mol. The number of benzene rings is 2. The Bertz CT molecular complexity index is 1330. The van der Waals surface area contributed by atoms with Gasteiger partial charge in [0.15, 0.2) is 22.5 Å². The van der Waals surface area contributed by atoms with Crippen molar-refractivity contribution in [1.29, 1.82) is 0 Å². The minimum atomic E-state index is -0.349. The third-order valence-electron chi connectivity index (χ3n) is 5.70. The van der Waals surface area contributed by atoms with Gasteiger partial charge >= 0.3 is 0 Å². The van der Waals surface area contributed by atoms with Crippen LogP contribution in [0, 0.1) is 0 Å². The van der Waals surface area contributed by atoms with Gasteiger partial charge in [0.05, 0.1) is 5.25 Å². The highest BCUT2D eigenvalue weighted by Gasteiger charge is 2.32. The zero-order valence-corrected chi connectivity index (χ0v) is 18.2. The molecule has 1 aliphatic carbocycles. The molecule has 0 spiro atoms.